The predicted octanol–water partition coefficient (Wildman–Crippen LogP) is 3.31. The first-order chi connectivity index (χ1) is 11.7. The normalized spacial score (nSPS) is 15.1. The second-order valence-corrected chi connectivity index (χ2v) is 6.31. The van der Waals surface area contributed by atoms with Gasteiger partial charge in [-0.1, -0.05) is 18.2 Å². The van der Waals surface area contributed by atoms with Gasteiger partial charge in [0.2, 0.25) is 5.28 Å². The lowest BCUT2D eigenvalue weighted by molar-refractivity contribution is 0.641. The topological polar surface area (TPSA) is 45.2 Å². The van der Waals surface area contributed by atoms with Gasteiger partial charge in [-0.15, -0.1) is 0 Å². The standard InChI is InChI=1S/C18H18ClN5/c1-13-12-17(22-18(19)20-13)24-10-8-23(9-11-24)16-7-6-14-4-2-3-5-15(14)21-16/h2-7,12H,8-11H2,1H3. The van der Waals surface area contributed by atoms with E-state index in [1.807, 2.05) is 25.1 Å². The number of fused-ring (bicyclic) bond motifs is 1. The van der Waals surface area contributed by atoms with Gasteiger partial charge < -0.3 is 9.80 Å². The van der Waals surface area contributed by atoms with Crippen molar-refractivity contribution in [2.45, 2.75) is 6.92 Å². The van der Waals surface area contributed by atoms with Crippen LogP contribution in [-0.2, 0) is 0 Å². The summed E-state index contributed by atoms with van der Waals surface area (Å²) in [6.45, 7) is 5.53. The van der Waals surface area contributed by atoms with Crippen LogP contribution in [0.5, 0.6) is 0 Å². The number of hydrogen-bond donors (Lipinski definition) is 0. The average molecular weight is 340 g/mol. The van der Waals surface area contributed by atoms with Gasteiger partial charge in [-0.3, -0.25) is 0 Å². The van der Waals surface area contributed by atoms with Crippen molar-refractivity contribution in [1.29, 1.82) is 0 Å². The second-order valence-electron chi connectivity index (χ2n) is 5.97. The van der Waals surface area contributed by atoms with Crippen molar-refractivity contribution in [2.75, 3.05) is 36.0 Å². The minimum absolute atomic E-state index is 0.309. The number of aryl methyl sites for hydroxylation is 1. The molecule has 2 aromatic heterocycles. The Bertz CT molecular complexity index is 854. The second kappa shape index (κ2) is 6.24. The lowest BCUT2D eigenvalue weighted by Gasteiger charge is -2.36. The Morgan fingerprint density at radius 3 is 2.29 bits per heavy atom. The molecule has 0 N–H and O–H groups in total. The average Bonchev–Trinajstić information content (AvgIpc) is 2.61. The molecule has 24 heavy (non-hydrogen) atoms. The molecule has 0 bridgehead atoms. The maximum Gasteiger partial charge on any atom is 0.224 e. The number of pyridine rings is 1. The maximum absolute atomic E-state index is 5.98. The van der Waals surface area contributed by atoms with E-state index < -0.39 is 0 Å². The highest BCUT2D eigenvalue weighted by Crippen LogP contribution is 2.21. The molecule has 3 heterocycles. The summed E-state index contributed by atoms with van der Waals surface area (Å²) in [6.07, 6.45) is 0. The van der Waals surface area contributed by atoms with Crippen molar-refractivity contribution in [3.05, 3.63) is 53.4 Å². The summed E-state index contributed by atoms with van der Waals surface area (Å²) in [5, 5.41) is 1.48. The lowest BCUT2D eigenvalue weighted by atomic mass is 10.2. The molecule has 5 nitrogen and oxygen atoms in total. The van der Waals surface area contributed by atoms with Gasteiger partial charge in [0.25, 0.3) is 0 Å². The van der Waals surface area contributed by atoms with Gasteiger partial charge in [-0.2, -0.15) is 0 Å². The molecular weight excluding hydrogens is 322 g/mol. The van der Waals surface area contributed by atoms with Crippen LogP contribution in [0.3, 0.4) is 0 Å². The number of hydrogen-bond acceptors (Lipinski definition) is 5. The largest absolute Gasteiger partial charge is 0.353 e. The molecule has 1 aromatic carbocycles. The third-order valence-electron chi connectivity index (χ3n) is 4.32. The van der Waals surface area contributed by atoms with Crippen LogP contribution in [-0.4, -0.2) is 41.1 Å². The van der Waals surface area contributed by atoms with E-state index in [4.69, 9.17) is 16.6 Å². The summed E-state index contributed by atoms with van der Waals surface area (Å²) in [6, 6.07) is 14.4. The number of halogens is 1. The molecule has 1 aliphatic rings. The van der Waals surface area contributed by atoms with E-state index in [0.29, 0.717) is 5.28 Å². The van der Waals surface area contributed by atoms with Gasteiger partial charge in [0.1, 0.15) is 11.6 Å². The Hall–Kier alpha value is -2.40. The Kier molecular flexibility index (Phi) is 3.94. The van der Waals surface area contributed by atoms with Gasteiger partial charge >= 0.3 is 0 Å². The number of para-hydroxylation sites is 1. The van der Waals surface area contributed by atoms with E-state index in [1.54, 1.807) is 0 Å². The van der Waals surface area contributed by atoms with E-state index in [-0.39, 0.29) is 0 Å². The van der Waals surface area contributed by atoms with Crippen LogP contribution in [0.25, 0.3) is 10.9 Å². The lowest BCUT2D eigenvalue weighted by Crippen LogP contribution is -2.47. The van der Waals surface area contributed by atoms with Crippen molar-refractivity contribution in [2.24, 2.45) is 0 Å². The van der Waals surface area contributed by atoms with E-state index >= 15 is 0 Å². The van der Waals surface area contributed by atoms with Crippen molar-refractivity contribution in [1.82, 2.24) is 15.0 Å². The Balaban J connectivity index is 1.50. The van der Waals surface area contributed by atoms with Crippen LogP contribution in [0.4, 0.5) is 11.6 Å². The highest BCUT2D eigenvalue weighted by molar-refractivity contribution is 6.28. The van der Waals surface area contributed by atoms with Crippen LogP contribution in [0.15, 0.2) is 42.5 Å². The Morgan fingerprint density at radius 1 is 0.833 bits per heavy atom. The zero-order valence-electron chi connectivity index (χ0n) is 13.5. The zero-order chi connectivity index (χ0) is 16.5. The summed E-state index contributed by atoms with van der Waals surface area (Å²) in [5.41, 5.74) is 1.93. The van der Waals surface area contributed by atoms with Crippen molar-refractivity contribution >= 4 is 34.1 Å². The molecule has 122 valence electrons. The van der Waals surface area contributed by atoms with Crippen LogP contribution in [0.1, 0.15) is 5.69 Å². The summed E-state index contributed by atoms with van der Waals surface area (Å²) < 4.78 is 0. The van der Waals surface area contributed by atoms with Crippen molar-refractivity contribution in [3.8, 4) is 0 Å². The fourth-order valence-corrected chi connectivity index (χ4v) is 3.29. The molecule has 0 aliphatic carbocycles. The summed E-state index contributed by atoms with van der Waals surface area (Å²) in [7, 11) is 0. The summed E-state index contributed by atoms with van der Waals surface area (Å²) >= 11 is 5.98. The van der Waals surface area contributed by atoms with E-state index in [0.717, 1.165) is 49.0 Å². The van der Waals surface area contributed by atoms with Crippen molar-refractivity contribution < 1.29 is 0 Å². The first-order valence-corrected chi connectivity index (χ1v) is 8.44. The number of nitrogens with zero attached hydrogens (tertiary/aromatic N) is 5. The summed E-state index contributed by atoms with van der Waals surface area (Å²) in [5.74, 6) is 1.93. The number of anilines is 2. The molecule has 1 aliphatic heterocycles. The number of rotatable bonds is 2. The fraction of sp³-hybridized carbons (Fsp3) is 0.278. The van der Waals surface area contributed by atoms with Crippen LogP contribution in [0.2, 0.25) is 5.28 Å². The quantitative estimate of drug-likeness (QED) is 0.670. The Morgan fingerprint density at radius 2 is 1.54 bits per heavy atom. The minimum Gasteiger partial charge on any atom is -0.353 e. The highest BCUT2D eigenvalue weighted by atomic mass is 35.5. The van der Waals surface area contributed by atoms with Gasteiger partial charge in [0.05, 0.1) is 5.52 Å². The predicted molar refractivity (Wildman–Crippen MR) is 97.9 cm³/mol. The fourth-order valence-electron chi connectivity index (χ4n) is 3.07. The molecule has 0 spiro atoms. The third-order valence-corrected chi connectivity index (χ3v) is 4.49. The molecule has 1 saturated heterocycles. The van der Waals surface area contributed by atoms with Gasteiger partial charge in [0, 0.05) is 43.3 Å². The monoisotopic (exact) mass is 339 g/mol. The molecule has 6 heteroatoms. The molecule has 4 rings (SSSR count). The number of benzene rings is 1. The van der Waals surface area contributed by atoms with Gasteiger partial charge in [-0.25, -0.2) is 15.0 Å². The highest BCUT2D eigenvalue weighted by Gasteiger charge is 2.20. The Labute approximate surface area is 145 Å². The van der Waals surface area contributed by atoms with E-state index in [1.165, 1.54) is 5.39 Å². The van der Waals surface area contributed by atoms with Gasteiger partial charge in [0.15, 0.2) is 0 Å². The first-order valence-electron chi connectivity index (χ1n) is 8.06. The molecule has 0 atom stereocenters. The third kappa shape index (κ3) is 2.99. The SMILES string of the molecule is Cc1cc(N2CCN(c3ccc4ccccc4n3)CC2)nc(Cl)n1. The van der Waals surface area contributed by atoms with E-state index in [9.17, 15) is 0 Å². The summed E-state index contributed by atoms with van der Waals surface area (Å²) in [4.78, 5) is 17.8. The molecule has 0 amide bonds. The molecule has 1 fully saturated rings. The van der Waals surface area contributed by atoms with Crippen LogP contribution in [0, 0.1) is 6.92 Å². The smallest absolute Gasteiger partial charge is 0.224 e. The number of aromatic nitrogens is 3. The van der Waals surface area contributed by atoms with Crippen molar-refractivity contribution in [3.63, 3.8) is 0 Å². The minimum atomic E-state index is 0.309. The molecule has 0 saturated carbocycles. The molecular formula is C18H18ClN5. The van der Waals surface area contributed by atoms with Crippen LogP contribution < -0.4 is 9.80 Å². The van der Waals surface area contributed by atoms with Crippen LogP contribution >= 0.6 is 11.6 Å². The van der Waals surface area contributed by atoms with E-state index in [2.05, 4.69) is 44.0 Å². The first kappa shape index (κ1) is 15.1. The number of piperazine rings is 1. The molecule has 0 unspecified atom stereocenters. The molecule has 3 aromatic rings. The zero-order valence-corrected chi connectivity index (χ0v) is 14.2. The molecule has 0 radical (unpaired) electrons. The maximum atomic E-state index is 5.98. The van der Waals surface area contributed by atoms with Gasteiger partial charge in [-0.05, 0) is 36.7 Å².